The molecule has 2 heterocycles. The highest BCUT2D eigenvalue weighted by atomic mass is 16.5. The van der Waals surface area contributed by atoms with E-state index in [9.17, 15) is 14.4 Å². The molecule has 0 spiro atoms. The molecule has 0 unspecified atom stereocenters. The fourth-order valence-corrected chi connectivity index (χ4v) is 2.29. The number of H-pyrrole nitrogens is 2. The number of hydrogen-bond acceptors (Lipinski definition) is 8. The number of nitrogens with one attached hydrogen (secondary N) is 3. The number of hydrogen-bond donors (Lipinski definition) is 4. The maximum Gasteiger partial charge on any atom is 0.326 e. The lowest BCUT2D eigenvalue weighted by Crippen LogP contribution is -2.40. The molecule has 0 aliphatic rings. The second kappa shape index (κ2) is 7.56. The van der Waals surface area contributed by atoms with Crippen LogP contribution in [-0.4, -0.2) is 38.7 Å². The van der Waals surface area contributed by atoms with E-state index in [2.05, 4.69) is 20.5 Å². The predicted molar refractivity (Wildman–Crippen MR) is 94.3 cm³/mol. The predicted octanol–water partition coefficient (Wildman–Crippen LogP) is -0.107. The second-order valence-electron chi connectivity index (χ2n) is 5.62. The van der Waals surface area contributed by atoms with Gasteiger partial charge in [-0.2, -0.15) is 0 Å². The molecule has 3 rings (SSSR count). The van der Waals surface area contributed by atoms with Gasteiger partial charge in [-0.1, -0.05) is 12.1 Å². The molecule has 1 amide bonds. The number of para-hydroxylation sites is 1. The van der Waals surface area contributed by atoms with Crippen LogP contribution in [0.4, 0.5) is 5.69 Å². The fourth-order valence-electron chi connectivity index (χ4n) is 2.29. The number of carbonyl (C=O) groups excluding carboxylic acids is 1. The Labute approximate surface area is 151 Å². The number of benzene rings is 1. The number of nitrogen functional groups attached to an aromatic ring is 1. The van der Waals surface area contributed by atoms with Crippen LogP contribution in [0.25, 0.3) is 11.5 Å². The monoisotopic (exact) mass is 372 g/mol. The molecule has 1 aromatic carbocycles. The van der Waals surface area contributed by atoms with Crippen LogP contribution in [-0.2, 0) is 0 Å². The van der Waals surface area contributed by atoms with Gasteiger partial charge in [0, 0.05) is 0 Å². The molecule has 140 valence electrons. The first-order valence-electron chi connectivity index (χ1n) is 7.87. The molecule has 3 aromatic rings. The summed E-state index contributed by atoms with van der Waals surface area (Å²) in [6.07, 6.45) is 1.21. The van der Waals surface area contributed by atoms with E-state index in [1.54, 1.807) is 31.2 Å². The van der Waals surface area contributed by atoms with Gasteiger partial charge in [-0.05, 0) is 19.1 Å². The van der Waals surface area contributed by atoms with Crippen molar-refractivity contribution in [3.05, 3.63) is 57.2 Å². The smallest absolute Gasteiger partial charge is 0.326 e. The molecule has 27 heavy (non-hydrogen) atoms. The molecule has 0 fully saturated rings. The van der Waals surface area contributed by atoms with E-state index in [1.165, 1.54) is 6.39 Å². The van der Waals surface area contributed by atoms with Gasteiger partial charge in [0.1, 0.15) is 23.7 Å². The number of ether oxygens (including phenoxy) is 1. The van der Waals surface area contributed by atoms with Crippen molar-refractivity contribution in [3.8, 4) is 17.2 Å². The average Bonchev–Trinajstić information content (AvgIpc) is 3.17. The van der Waals surface area contributed by atoms with Crippen LogP contribution in [0.3, 0.4) is 0 Å². The Morgan fingerprint density at radius 1 is 1.33 bits per heavy atom. The topological polar surface area (TPSA) is 169 Å². The number of carbonyl (C=O) groups is 1. The van der Waals surface area contributed by atoms with Crippen LogP contribution in [0, 0.1) is 0 Å². The van der Waals surface area contributed by atoms with Crippen molar-refractivity contribution in [1.82, 2.24) is 25.5 Å². The summed E-state index contributed by atoms with van der Waals surface area (Å²) in [5, 5.41) is 10.1. The Bertz CT molecular complexity index is 1060. The van der Waals surface area contributed by atoms with Crippen molar-refractivity contribution in [2.24, 2.45) is 0 Å². The van der Waals surface area contributed by atoms with Gasteiger partial charge in [-0.3, -0.25) is 14.6 Å². The van der Waals surface area contributed by atoms with E-state index in [0.29, 0.717) is 17.2 Å². The van der Waals surface area contributed by atoms with E-state index >= 15 is 0 Å². The summed E-state index contributed by atoms with van der Waals surface area (Å²) in [6, 6.07) is 6.59. The molecule has 0 radical (unpaired) electrons. The summed E-state index contributed by atoms with van der Waals surface area (Å²) in [5.74, 6) is 0.0973. The number of anilines is 1. The Balaban J connectivity index is 1.68. The number of nitrogens with zero attached hydrogens (tertiary/aromatic N) is 2. The lowest BCUT2D eigenvalue weighted by molar-refractivity contribution is 0.0922. The Morgan fingerprint density at radius 3 is 2.85 bits per heavy atom. The average molecular weight is 372 g/mol. The van der Waals surface area contributed by atoms with Gasteiger partial charge in [0.25, 0.3) is 17.4 Å². The number of rotatable bonds is 6. The highest BCUT2D eigenvalue weighted by molar-refractivity contribution is 5.96. The van der Waals surface area contributed by atoms with Crippen molar-refractivity contribution in [3.63, 3.8) is 0 Å². The summed E-state index contributed by atoms with van der Waals surface area (Å²) in [6.45, 7) is 1.79. The van der Waals surface area contributed by atoms with Crippen LogP contribution in [0.15, 0.2) is 44.7 Å². The zero-order chi connectivity index (χ0) is 19.4. The van der Waals surface area contributed by atoms with Gasteiger partial charge in [-0.25, -0.2) is 4.79 Å². The molecular formula is C16H16N6O5. The van der Waals surface area contributed by atoms with Crippen molar-refractivity contribution >= 4 is 11.6 Å². The second-order valence-corrected chi connectivity index (χ2v) is 5.62. The third-order valence-corrected chi connectivity index (χ3v) is 3.55. The van der Waals surface area contributed by atoms with Crippen LogP contribution in [0.2, 0.25) is 0 Å². The molecule has 5 N–H and O–H groups in total. The minimum absolute atomic E-state index is 0.101. The van der Waals surface area contributed by atoms with E-state index in [1.807, 2.05) is 4.98 Å². The highest BCUT2D eigenvalue weighted by Crippen LogP contribution is 2.27. The van der Waals surface area contributed by atoms with Crippen molar-refractivity contribution in [2.75, 3.05) is 12.3 Å². The number of nitrogens with two attached hydrogens (primary N) is 1. The van der Waals surface area contributed by atoms with Crippen molar-refractivity contribution in [2.45, 2.75) is 13.0 Å². The Morgan fingerprint density at radius 2 is 2.11 bits per heavy atom. The third kappa shape index (κ3) is 4.03. The first-order chi connectivity index (χ1) is 13.0. The fraction of sp³-hybridized carbons (Fsp3) is 0.188. The zero-order valence-corrected chi connectivity index (χ0v) is 14.2. The summed E-state index contributed by atoms with van der Waals surface area (Å²) in [4.78, 5) is 39.2. The zero-order valence-electron chi connectivity index (χ0n) is 14.2. The minimum Gasteiger partial charge on any atom is -0.491 e. The molecule has 0 aliphatic heterocycles. The van der Waals surface area contributed by atoms with Gasteiger partial charge in [0.15, 0.2) is 0 Å². The molecule has 0 aliphatic carbocycles. The molecular weight excluding hydrogens is 356 g/mol. The molecule has 0 saturated carbocycles. The van der Waals surface area contributed by atoms with Crippen LogP contribution in [0.5, 0.6) is 5.75 Å². The maximum atomic E-state index is 12.2. The van der Waals surface area contributed by atoms with Gasteiger partial charge in [0.2, 0.25) is 6.39 Å². The summed E-state index contributed by atoms with van der Waals surface area (Å²) < 4.78 is 10.9. The van der Waals surface area contributed by atoms with Gasteiger partial charge < -0.3 is 25.2 Å². The minimum atomic E-state index is -0.832. The maximum absolute atomic E-state index is 12.2. The standard InChI is InChI=1S/C16H16N6O5/c1-8(19-14(24)12-11(17)13(23)21-16(25)20-12)6-26-10-5-3-2-4-9(10)15-22-18-7-27-15/h2-5,7-8H,6,17H2,1H3,(H,19,24)(H2,20,21,23,25)/t8-/m1/s1. The number of amides is 1. The van der Waals surface area contributed by atoms with E-state index < -0.39 is 23.2 Å². The largest absolute Gasteiger partial charge is 0.491 e. The van der Waals surface area contributed by atoms with E-state index in [-0.39, 0.29) is 18.0 Å². The third-order valence-electron chi connectivity index (χ3n) is 3.55. The molecule has 2 aromatic heterocycles. The molecule has 0 bridgehead atoms. The van der Waals surface area contributed by atoms with E-state index in [4.69, 9.17) is 14.9 Å². The number of aromatic nitrogens is 4. The first kappa shape index (κ1) is 17.9. The Kier molecular flexibility index (Phi) is 5.01. The van der Waals surface area contributed by atoms with Gasteiger partial charge >= 0.3 is 5.69 Å². The van der Waals surface area contributed by atoms with Gasteiger partial charge in [-0.15, -0.1) is 10.2 Å². The van der Waals surface area contributed by atoms with Crippen LogP contribution >= 0.6 is 0 Å². The van der Waals surface area contributed by atoms with Gasteiger partial charge in [0.05, 0.1) is 11.6 Å². The summed E-state index contributed by atoms with van der Waals surface area (Å²) >= 11 is 0. The Hall–Kier alpha value is -3.89. The normalized spacial score (nSPS) is 11.7. The van der Waals surface area contributed by atoms with E-state index in [0.717, 1.165) is 0 Å². The highest BCUT2D eigenvalue weighted by Gasteiger charge is 2.17. The van der Waals surface area contributed by atoms with Crippen LogP contribution < -0.4 is 27.0 Å². The molecule has 0 saturated heterocycles. The first-order valence-corrected chi connectivity index (χ1v) is 7.87. The SMILES string of the molecule is C[C@H](COc1ccccc1-c1nnco1)NC(=O)c1[nH]c(=O)[nH]c(=O)c1N. The van der Waals surface area contributed by atoms with Crippen molar-refractivity contribution in [1.29, 1.82) is 0 Å². The summed E-state index contributed by atoms with van der Waals surface area (Å²) in [7, 11) is 0. The van der Waals surface area contributed by atoms with Crippen LogP contribution in [0.1, 0.15) is 17.4 Å². The number of aromatic amines is 2. The quantitative estimate of drug-likeness (QED) is 0.464. The molecule has 11 heteroatoms. The molecule has 11 nitrogen and oxygen atoms in total. The summed E-state index contributed by atoms with van der Waals surface area (Å²) in [5.41, 5.74) is 3.81. The molecule has 1 atom stereocenters. The van der Waals surface area contributed by atoms with Crippen molar-refractivity contribution < 1.29 is 13.9 Å². The lowest BCUT2D eigenvalue weighted by Gasteiger charge is -2.16. The lowest BCUT2D eigenvalue weighted by atomic mass is 10.2.